The molecule has 4 heteroatoms. The fourth-order valence-electron chi connectivity index (χ4n) is 1.79. The molecule has 2 rings (SSSR count). The van der Waals surface area contributed by atoms with E-state index in [1.54, 1.807) is 19.1 Å². The van der Waals surface area contributed by atoms with Gasteiger partial charge < -0.3 is 9.31 Å². The van der Waals surface area contributed by atoms with Gasteiger partial charge in [0.15, 0.2) is 0 Å². The van der Waals surface area contributed by atoms with Crippen LogP contribution in [0.25, 0.3) is 0 Å². The Morgan fingerprint density at radius 1 is 1.06 bits per heavy atom. The third kappa shape index (κ3) is 2.12. The van der Waals surface area contributed by atoms with E-state index in [1.807, 2.05) is 27.7 Å². The van der Waals surface area contributed by atoms with Crippen LogP contribution in [0.1, 0.15) is 33.3 Å². The Balaban J connectivity index is 2.29. The lowest BCUT2D eigenvalue weighted by Gasteiger charge is -2.32. The molecule has 17 heavy (non-hydrogen) atoms. The topological polar surface area (TPSA) is 18.5 Å². The molecule has 0 unspecified atom stereocenters. The third-order valence-electron chi connectivity index (χ3n) is 3.71. The molecule has 0 saturated carbocycles. The minimum atomic E-state index is -0.417. The molecule has 1 aromatic carbocycles. The second-order valence-corrected chi connectivity index (χ2v) is 5.60. The molecule has 0 spiro atoms. The Morgan fingerprint density at radius 3 is 2.06 bits per heavy atom. The summed E-state index contributed by atoms with van der Waals surface area (Å²) in [4.78, 5) is 0. The predicted octanol–water partition coefficient (Wildman–Crippen LogP) is 2.43. The molecule has 0 amide bonds. The molecule has 2 nitrogen and oxygen atoms in total. The zero-order valence-corrected chi connectivity index (χ0v) is 11.0. The van der Waals surface area contributed by atoms with Crippen LogP contribution in [0.4, 0.5) is 4.39 Å². The zero-order valence-electron chi connectivity index (χ0n) is 11.0. The average Bonchev–Trinajstić information content (AvgIpc) is 2.41. The first-order chi connectivity index (χ1) is 7.73. The predicted molar refractivity (Wildman–Crippen MR) is 66.9 cm³/mol. The smallest absolute Gasteiger partial charge is 0.399 e. The van der Waals surface area contributed by atoms with Crippen LogP contribution in [0.15, 0.2) is 18.2 Å². The highest BCUT2D eigenvalue weighted by atomic mass is 19.1. The molecule has 1 aromatic rings. The van der Waals surface area contributed by atoms with Crippen molar-refractivity contribution in [3.8, 4) is 0 Å². The molecule has 0 radical (unpaired) electrons. The van der Waals surface area contributed by atoms with Gasteiger partial charge in [0.1, 0.15) is 5.82 Å². The van der Waals surface area contributed by atoms with Gasteiger partial charge in [0.25, 0.3) is 0 Å². The maximum atomic E-state index is 13.2. The van der Waals surface area contributed by atoms with Gasteiger partial charge in [-0.05, 0) is 51.7 Å². The Hall–Kier alpha value is -0.865. The van der Waals surface area contributed by atoms with Gasteiger partial charge in [-0.2, -0.15) is 0 Å². The Bertz CT molecular complexity index is 427. The standard InChI is InChI=1S/C13H18BFO2/c1-9-8-10(6-7-11(9)15)14-16-12(2,3)13(4,5)17-14/h6-8H,1-5H3. The SMILES string of the molecule is Cc1cc(B2OC(C)(C)C(C)(C)O2)ccc1F. The van der Waals surface area contributed by atoms with E-state index in [4.69, 9.17) is 9.31 Å². The van der Waals surface area contributed by atoms with Crippen molar-refractivity contribution in [2.75, 3.05) is 0 Å². The molecule has 1 heterocycles. The number of hydrogen-bond donors (Lipinski definition) is 0. The molecular weight excluding hydrogens is 218 g/mol. The minimum absolute atomic E-state index is 0.203. The molecule has 0 aromatic heterocycles. The number of hydrogen-bond acceptors (Lipinski definition) is 2. The number of halogens is 1. The summed E-state index contributed by atoms with van der Waals surface area (Å²) < 4.78 is 25.0. The summed E-state index contributed by atoms with van der Waals surface area (Å²) in [6.45, 7) is 9.75. The van der Waals surface area contributed by atoms with Gasteiger partial charge in [0, 0.05) is 0 Å². The molecule has 1 aliphatic rings. The Morgan fingerprint density at radius 2 is 1.59 bits per heavy atom. The highest BCUT2D eigenvalue weighted by molar-refractivity contribution is 6.62. The largest absolute Gasteiger partial charge is 0.494 e. The summed E-state index contributed by atoms with van der Waals surface area (Å²) in [7, 11) is -0.417. The highest BCUT2D eigenvalue weighted by Gasteiger charge is 2.51. The zero-order chi connectivity index (χ0) is 12.8. The van der Waals surface area contributed by atoms with Gasteiger partial charge in [0.05, 0.1) is 11.2 Å². The molecular formula is C13H18BFO2. The van der Waals surface area contributed by atoms with Crippen molar-refractivity contribution in [1.82, 2.24) is 0 Å². The van der Waals surface area contributed by atoms with E-state index >= 15 is 0 Å². The van der Waals surface area contributed by atoms with Gasteiger partial charge in [-0.3, -0.25) is 0 Å². The van der Waals surface area contributed by atoms with Crippen LogP contribution < -0.4 is 5.46 Å². The third-order valence-corrected chi connectivity index (χ3v) is 3.71. The lowest BCUT2D eigenvalue weighted by molar-refractivity contribution is 0.00578. The van der Waals surface area contributed by atoms with Crippen LogP contribution in [0, 0.1) is 12.7 Å². The first-order valence-corrected chi connectivity index (χ1v) is 5.85. The Labute approximate surface area is 102 Å². The van der Waals surface area contributed by atoms with E-state index in [0.717, 1.165) is 5.46 Å². The fourth-order valence-corrected chi connectivity index (χ4v) is 1.79. The Kier molecular flexibility index (Phi) is 2.83. The lowest BCUT2D eigenvalue weighted by Crippen LogP contribution is -2.41. The van der Waals surface area contributed by atoms with Crippen molar-refractivity contribution < 1.29 is 13.7 Å². The van der Waals surface area contributed by atoms with Crippen LogP contribution in [0.3, 0.4) is 0 Å². The lowest BCUT2D eigenvalue weighted by atomic mass is 9.78. The van der Waals surface area contributed by atoms with Crippen molar-refractivity contribution in [3.05, 3.63) is 29.6 Å². The van der Waals surface area contributed by atoms with E-state index < -0.39 is 7.12 Å². The van der Waals surface area contributed by atoms with Crippen molar-refractivity contribution in [2.24, 2.45) is 0 Å². The van der Waals surface area contributed by atoms with Gasteiger partial charge in [-0.15, -0.1) is 0 Å². The van der Waals surface area contributed by atoms with E-state index in [-0.39, 0.29) is 17.0 Å². The fraction of sp³-hybridized carbons (Fsp3) is 0.538. The average molecular weight is 236 g/mol. The summed E-state index contributed by atoms with van der Waals surface area (Å²) in [6, 6.07) is 4.94. The maximum Gasteiger partial charge on any atom is 0.494 e. The summed E-state index contributed by atoms with van der Waals surface area (Å²) in [5, 5.41) is 0. The van der Waals surface area contributed by atoms with E-state index in [9.17, 15) is 4.39 Å². The van der Waals surface area contributed by atoms with Gasteiger partial charge in [-0.1, -0.05) is 12.1 Å². The normalized spacial score (nSPS) is 21.9. The second-order valence-electron chi connectivity index (χ2n) is 5.60. The van der Waals surface area contributed by atoms with Crippen LogP contribution in [0.2, 0.25) is 0 Å². The molecule has 1 fully saturated rings. The van der Waals surface area contributed by atoms with E-state index in [2.05, 4.69) is 0 Å². The first kappa shape index (κ1) is 12.6. The molecule has 1 aliphatic heterocycles. The second kappa shape index (κ2) is 3.82. The van der Waals surface area contributed by atoms with Crippen LogP contribution >= 0.6 is 0 Å². The van der Waals surface area contributed by atoms with Crippen molar-refractivity contribution in [2.45, 2.75) is 45.8 Å². The summed E-state index contributed by atoms with van der Waals surface area (Å²) in [5.41, 5.74) is 0.750. The van der Waals surface area contributed by atoms with E-state index in [1.165, 1.54) is 6.07 Å². The van der Waals surface area contributed by atoms with Crippen molar-refractivity contribution in [1.29, 1.82) is 0 Å². The summed E-state index contributed by atoms with van der Waals surface area (Å²) >= 11 is 0. The van der Waals surface area contributed by atoms with Crippen molar-refractivity contribution in [3.63, 3.8) is 0 Å². The summed E-state index contributed by atoms with van der Waals surface area (Å²) in [6.07, 6.45) is 0. The van der Waals surface area contributed by atoms with Crippen LogP contribution in [-0.2, 0) is 9.31 Å². The van der Waals surface area contributed by atoms with E-state index in [0.29, 0.717) is 5.56 Å². The van der Waals surface area contributed by atoms with Gasteiger partial charge in [-0.25, -0.2) is 4.39 Å². The molecule has 0 aliphatic carbocycles. The number of aryl methyl sites for hydroxylation is 1. The van der Waals surface area contributed by atoms with Crippen molar-refractivity contribution >= 4 is 12.6 Å². The van der Waals surface area contributed by atoms with Crippen LogP contribution in [0.5, 0.6) is 0 Å². The highest BCUT2D eigenvalue weighted by Crippen LogP contribution is 2.36. The molecule has 92 valence electrons. The first-order valence-electron chi connectivity index (χ1n) is 5.85. The summed E-state index contributed by atoms with van der Waals surface area (Å²) in [5.74, 6) is -0.203. The van der Waals surface area contributed by atoms with Gasteiger partial charge in [0.2, 0.25) is 0 Å². The molecule has 0 bridgehead atoms. The monoisotopic (exact) mass is 236 g/mol. The maximum absolute atomic E-state index is 13.2. The minimum Gasteiger partial charge on any atom is -0.399 e. The molecule has 1 saturated heterocycles. The molecule has 0 N–H and O–H groups in total. The quantitative estimate of drug-likeness (QED) is 0.697. The van der Waals surface area contributed by atoms with Gasteiger partial charge >= 0.3 is 7.12 Å². The molecule has 0 atom stereocenters. The van der Waals surface area contributed by atoms with Crippen LogP contribution in [-0.4, -0.2) is 18.3 Å². The number of benzene rings is 1. The number of rotatable bonds is 1.